The highest BCUT2D eigenvalue weighted by Crippen LogP contribution is 2.27. The van der Waals surface area contributed by atoms with Gasteiger partial charge in [0.25, 0.3) is 6.43 Å². The fraction of sp³-hybridized carbons (Fsp3) is 0.364. The molecule has 0 saturated carbocycles. The zero-order chi connectivity index (χ0) is 20.6. The van der Waals surface area contributed by atoms with Gasteiger partial charge in [0.1, 0.15) is 13.2 Å². The van der Waals surface area contributed by atoms with E-state index in [4.69, 9.17) is 9.47 Å². The molecule has 1 heterocycles. The monoisotopic (exact) mass is 403 g/mol. The van der Waals surface area contributed by atoms with Crippen molar-refractivity contribution in [1.29, 1.82) is 0 Å². The molecule has 1 saturated heterocycles. The van der Waals surface area contributed by atoms with Gasteiger partial charge in [-0.25, -0.2) is 8.78 Å². The zero-order valence-corrected chi connectivity index (χ0v) is 15.9. The zero-order valence-electron chi connectivity index (χ0n) is 15.9. The SMILES string of the molecule is O=C(OCc1ccccc1)[C@H]1CN(CC(F)F)C[C@H]1C(=O)OCc1ccccc1. The Morgan fingerprint density at radius 3 is 1.62 bits per heavy atom. The number of alkyl halides is 2. The minimum absolute atomic E-state index is 0.0447. The van der Waals surface area contributed by atoms with E-state index in [1.165, 1.54) is 4.90 Å². The highest BCUT2D eigenvalue weighted by Gasteiger charge is 2.44. The molecular weight excluding hydrogens is 380 g/mol. The lowest BCUT2D eigenvalue weighted by Crippen LogP contribution is -2.31. The highest BCUT2D eigenvalue weighted by molar-refractivity contribution is 5.83. The van der Waals surface area contributed by atoms with Crippen LogP contribution in [0.3, 0.4) is 0 Å². The van der Waals surface area contributed by atoms with Crippen molar-refractivity contribution in [2.75, 3.05) is 19.6 Å². The third-order valence-electron chi connectivity index (χ3n) is 4.85. The summed E-state index contributed by atoms with van der Waals surface area (Å²) in [6, 6.07) is 18.3. The molecular formula is C22H23F2NO4. The molecule has 5 nitrogen and oxygen atoms in total. The lowest BCUT2D eigenvalue weighted by Gasteiger charge is -2.16. The third-order valence-corrected chi connectivity index (χ3v) is 4.85. The molecule has 154 valence electrons. The van der Waals surface area contributed by atoms with Crippen LogP contribution in [0.4, 0.5) is 8.78 Å². The number of carbonyl (C=O) groups is 2. The lowest BCUT2D eigenvalue weighted by atomic mass is 9.96. The van der Waals surface area contributed by atoms with Gasteiger partial charge in [-0.1, -0.05) is 60.7 Å². The van der Waals surface area contributed by atoms with Gasteiger partial charge in [0.05, 0.1) is 18.4 Å². The molecule has 1 aliphatic rings. The van der Waals surface area contributed by atoms with E-state index in [9.17, 15) is 18.4 Å². The van der Waals surface area contributed by atoms with Crippen molar-refractivity contribution in [3.05, 3.63) is 71.8 Å². The highest BCUT2D eigenvalue weighted by atomic mass is 19.3. The number of rotatable bonds is 8. The maximum Gasteiger partial charge on any atom is 0.311 e. The van der Waals surface area contributed by atoms with Crippen LogP contribution in [-0.2, 0) is 32.3 Å². The summed E-state index contributed by atoms with van der Waals surface area (Å²) in [5.41, 5.74) is 1.62. The molecule has 2 atom stereocenters. The van der Waals surface area contributed by atoms with Gasteiger partial charge < -0.3 is 9.47 Å². The van der Waals surface area contributed by atoms with Crippen LogP contribution in [0.2, 0.25) is 0 Å². The third kappa shape index (κ3) is 6.09. The molecule has 1 fully saturated rings. The first-order chi connectivity index (χ1) is 14.0. The summed E-state index contributed by atoms with van der Waals surface area (Å²) >= 11 is 0. The Bertz CT molecular complexity index is 737. The van der Waals surface area contributed by atoms with Gasteiger partial charge in [-0.05, 0) is 11.1 Å². The van der Waals surface area contributed by atoms with Crippen molar-refractivity contribution in [3.63, 3.8) is 0 Å². The second-order valence-electron chi connectivity index (χ2n) is 7.01. The number of esters is 2. The van der Waals surface area contributed by atoms with Crippen molar-refractivity contribution < 1.29 is 27.8 Å². The first-order valence-corrected chi connectivity index (χ1v) is 9.44. The first-order valence-electron chi connectivity index (χ1n) is 9.44. The lowest BCUT2D eigenvalue weighted by molar-refractivity contribution is -0.160. The predicted molar refractivity (Wildman–Crippen MR) is 102 cm³/mol. The van der Waals surface area contributed by atoms with Crippen LogP contribution in [0.5, 0.6) is 0 Å². The number of benzene rings is 2. The molecule has 2 aromatic carbocycles. The Morgan fingerprint density at radius 1 is 0.828 bits per heavy atom. The summed E-state index contributed by atoms with van der Waals surface area (Å²) in [6.45, 7) is -0.273. The first kappa shape index (κ1) is 20.9. The van der Waals surface area contributed by atoms with E-state index in [1.54, 1.807) is 0 Å². The molecule has 0 N–H and O–H groups in total. The van der Waals surface area contributed by atoms with Crippen LogP contribution in [0.25, 0.3) is 0 Å². The molecule has 0 amide bonds. The standard InChI is InChI=1S/C22H23F2NO4/c23-20(24)13-25-11-18(21(26)28-14-16-7-3-1-4-8-16)19(12-25)22(27)29-15-17-9-5-2-6-10-17/h1-10,18-20H,11-15H2/t18-,19+. The average molecular weight is 403 g/mol. The maximum absolute atomic E-state index is 12.8. The maximum atomic E-state index is 12.8. The van der Waals surface area contributed by atoms with E-state index in [0.29, 0.717) is 0 Å². The van der Waals surface area contributed by atoms with Gasteiger partial charge in [-0.2, -0.15) is 0 Å². The number of halogens is 2. The smallest absolute Gasteiger partial charge is 0.311 e. The quantitative estimate of drug-likeness (QED) is 0.633. The summed E-state index contributed by atoms with van der Waals surface area (Å²) in [5, 5.41) is 0. The predicted octanol–water partition coefficient (Wildman–Crippen LogP) is 3.29. The van der Waals surface area contributed by atoms with Crippen molar-refractivity contribution in [2.24, 2.45) is 11.8 Å². The van der Waals surface area contributed by atoms with E-state index in [0.717, 1.165) is 11.1 Å². The summed E-state index contributed by atoms with van der Waals surface area (Å²) in [5.74, 6) is -2.82. The van der Waals surface area contributed by atoms with E-state index in [-0.39, 0.29) is 26.3 Å². The Labute approximate surface area is 168 Å². The molecule has 3 rings (SSSR count). The number of likely N-dealkylation sites (tertiary alicyclic amines) is 1. The molecule has 1 aliphatic heterocycles. The molecule has 29 heavy (non-hydrogen) atoms. The molecule has 0 aliphatic carbocycles. The topological polar surface area (TPSA) is 55.8 Å². The molecule has 0 unspecified atom stereocenters. The number of hydrogen-bond donors (Lipinski definition) is 0. The Hall–Kier alpha value is -2.80. The van der Waals surface area contributed by atoms with Gasteiger partial charge in [-0.15, -0.1) is 0 Å². The average Bonchev–Trinajstić information content (AvgIpc) is 3.15. The summed E-state index contributed by atoms with van der Waals surface area (Å²) < 4.78 is 36.3. The van der Waals surface area contributed by atoms with Gasteiger partial charge in [0, 0.05) is 13.1 Å². The number of carbonyl (C=O) groups excluding carboxylic acids is 2. The fourth-order valence-corrected chi connectivity index (χ4v) is 3.38. The van der Waals surface area contributed by atoms with Crippen molar-refractivity contribution in [2.45, 2.75) is 19.6 Å². The Balaban J connectivity index is 1.62. The summed E-state index contributed by atoms with van der Waals surface area (Å²) in [4.78, 5) is 26.6. The van der Waals surface area contributed by atoms with Crippen LogP contribution < -0.4 is 0 Å². The van der Waals surface area contributed by atoms with Crippen molar-refractivity contribution in [3.8, 4) is 0 Å². The van der Waals surface area contributed by atoms with Crippen LogP contribution in [0.1, 0.15) is 11.1 Å². The van der Waals surface area contributed by atoms with E-state index in [2.05, 4.69) is 0 Å². The van der Waals surface area contributed by atoms with Crippen LogP contribution in [0.15, 0.2) is 60.7 Å². The van der Waals surface area contributed by atoms with Gasteiger partial charge in [-0.3, -0.25) is 14.5 Å². The molecule has 0 bridgehead atoms. The van der Waals surface area contributed by atoms with Crippen LogP contribution in [0, 0.1) is 11.8 Å². The molecule has 7 heteroatoms. The van der Waals surface area contributed by atoms with E-state index < -0.39 is 36.7 Å². The summed E-state index contributed by atoms with van der Waals surface area (Å²) in [6.07, 6.45) is -2.55. The molecule has 0 aromatic heterocycles. The van der Waals surface area contributed by atoms with Crippen LogP contribution >= 0.6 is 0 Å². The molecule has 0 radical (unpaired) electrons. The second-order valence-corrected chi connectivity index (χ2v) is 7.01. The number of nitrogens with zero attached hydrogens (tertiary/aromatic N) is 1. The largest absolute Gasteiger partial charge is 0.461 e. The van der Waals surface area contributed by atoms with Crippen molar-refractivity contribution >= 4 is 11.9 Å². The van der Waals surface area contributed by atoms with Gasteiger partial charge in [0.15, 0.2) is 0 Å². The Kier molecular flexibility index (Phi) is 7.30. The fourth-order valence-electron chi connectivity index (χ4n) is 3.38. The molecule has 0 spiro atoms. The number of ether oxygens (including phenoxy) is 2. The molecule has 2 aromatic rings. The summed E-state index contributed by atoms with van der Waals surface area (Å²) in [7, 11) is 0. The van der Waals surface area contributed by atoms with Gasteiger partial charge in [0.2, 0.25) is 0 Å². The van der Waals surface area contributed by atoms with Crippen LogP contribution in [-0.4, -0.2) is 42.9 Å². The van der Waals surface area contributed by atoms with E-state index >= 15 is 0 Å². The second kappa shape index (κ2) is 10.1. The van der Waals surface area contributed by atoms with Crippen molar-refractivity contribution in [1.82, 2.24) is 4.90 Å². The van der Waals surface area contributed by atoms with Gasteiger partial charge >= 0.3 is 11.9 Å². The normalized spacial score (nSPS) is 19.3. The minimum Gasteiger partial charge on any atom is -0.461 e. The minimum atomic E-state index is -2.55. The number of hydrogen-bond acceptors (Lipinski definition) is 5. The Morgan fingerprint density at radius 2 is 1.24 bits per heavy atom. The van der Waals surface area contributed by atoms with E-state index in [1.807, 2.05) is 60.7 Å².